The topological polar surface area (TPSA) is 462 Å². The highest BCUT2D eigenvalue weighted by atomic mass is 127. The number of hydrogen-bond acceptors (Lipinski definition) is 34. The fourth-order valence-corrected chi connectivity index (χ4v) is 12.7. The van der Waals surface area contributed by atoms with Crippen LogP contribution in [0.1, 0.15) is 316 Å². The monoisotopic (exact) mass is 2810 g/mol. The zero-order valence-electron chi connectivity index (χ0n) is 89.8. The van der Waals surface area contributed by atoms with Gasteiger partial charge in [0.05, 0.1) is 160 Å². The highest BCUT2D eigenvalue weighted by Gasteiger charge is 2.11. The van der Waals surface area contributed by atoms with Crippen LogP contribution in [0.2, 0.25) is 0 Å². The molecule has 0 atom stereocenters. The second-order valence-electron chi connectivity index (χ2n) is 31.6. The van der Waals surface area contributed by atoms with Crippen LogP contribution in [0.4, 0.5) is 0 Å². The number of carbonyl (C=O) groups excluding carboxylic acids is 17. The number of hydrogen-bond donors (Lipinski definition) is 2. The lowest BCUT2D eigenvalue weighted by Gasteiger charge is -2.04. The summed E-state index contributed by atoms with van der Waals surface area (Å²) in [4.78, 5) is 183. The molecule has 868 valence electrons. The van der Waals surface area contributed by atoms with Crippen molar-refractivity contribution in [3.8, 4) is 0 Å². The molecule has 0 aromatic carbocycles. The zero-order chi connectivity index (χ0) is 113. The van der Waals surface area contributed by atoms with Gasteiger partial charge in [-0.3, -0.25) is 81.5 Å². The second kappa shape index (κ2) is 145. The van der Waals surface area contributed by atoms with Crippen LogP contribution in [-0.4, -0.2) is 327 Å². The number of carbonyl (C=O) groups is 17. The van der Waals surface area contributed by atoms with E-state index in [1.165, 1.54) is 60.5 Å². The molecule has 0 saturated heterocycles. The van der Waals surface area contributed by atoms with Crippen molar-refractivity contribution in [2.75, 3.05) is 226 Å². The standard InChI is InChI=1S/C12H21BrO4.C12H21BrO2.C12H21ClO4.C12H21ClO3.C11H22INO2.C10H19IO4.C9H16INO3.C8H13BrO3.C8H15ClO3.C8H13IO5/c1-2-11(14)5-7-17-9-8-16-6-3-4-12(15)10-13;1-2-11(14)8-6-4-3-5-7-9-12(15)10-13;1-16-11(14)8-6-4-2-3-5-7-9-17-12(15)10-13;1-16-12(15)9-7-5-3-2-4-6-8-11(14)10-13;1-13-8-6-4-2-3-5-7-9-15-11(14)10-12;1-13-5-6-15-8-7-14-4-2-3-10(12)9-11;1-11-8(12)5-3-2-4-6-14-9(13)7-10;1-12-8(11)5-3-2-4-7(10)6-9;1-2-3-4-11-5-6-12-8(10)7-9;1-12-7(10)2-3-13-4-5-14-8(11)6-9/h2-10H2,1H3;2-10H2,1H3;2-10H2,1H3;2-10H2,1H3;13H,2-10H2,1H3;2-9H2,1H3;2-7H2,1H3,(H,11,12);2-6H2,1H3;2-7H2,1H3;2-6H2,1H3. The SMILES string of the molecule is CCC(=O)CCCCCCCC(=O)CBr.CCC(=O)CCOCCOCCCC(=O)CBr.CCCCOCCOC(=O)CCl.CNC(=O)CCCCCOC(=O)CI.CNCCCCCCCCOC(=O)CI.COC(=O)CCCCC(=O)CBr.COC(=O)CCCCCCCCC(=O)CCl.COC(=O)CCCCCCCCOC(=O)CCl.COC(=O)CCOCCOC(=O)CI.COCCOCCOCCCC(=O)CI. The molecular weight excluding hydrogens is 2630 g/mol. The van der Waals surface area contributed by atoms with Crippen LogP contribution in [0.3, 0.4) is 0 Å². The fourth-order valence-electron chi connectivity index (χ4n) is 10.5. The first-order valence-corrected chi connectivity index (χ1v) is 62.0. The number of methoxy groups -OCH3 is 5. The Morgan fingerprint density at radius 3 is 0.844 bits per heavy atom. The number of Topliss-reactive ketones (excluding diaryl/α,β-unsaturated/α-hetero) is 7. The van der Waals surface area contributed by atoms with Crippen LogP contribution in [0.15, 0.2) is 0 Å². The van der Waals surface area contributed by atoms with E-state index in [-0.39, 0.29) is 126 Å². The summed E-state index contributed by atoms with van der Waals surface area (Å²) in [5, 5.41) is 7.01. The van der Waals surface area contributed by atoms with Crippen molar-refractivity contribution in [1.29, 1.82) is 0 Å². The minimum atomic E-state index is -0.393. The molecule has 0 spiro atoms. The minimum Gasteiger partial charge on any atom is -0.469 e. The highest BCUT2D eigenvalue weighted by Crippen LogP contribution is 2.14. The van der Waals surface area contributed by atoms with Gasteiger partial charge < -0.3 is 86.4 Å². The van der Waals surface area contributed by atoms with Crippen molar-refractivity contribution in [2.45, 2.75) is 316 Å². The maximum atomic E-state index is 11.0. The lowest BCUT2D eigenvalue weighted by atomic mass is 10.1. The van der Waals surface area contributed by atoms with Gasteiger partial charge in [-0.15, -0.1) is 34.8 Å². The van der Waals surface area contributed by atoms with Crippen molar-refractivity contribution in [1.82, 2.24) is 10.6 Å². The Kier molecular flexibility index (Phi) is 162. The maximum Gasteiger partial charge on any atom is 0.320 e. The van der Waals surface area contributed by atoms with Crippen LogP contribution in [0.25, 0.3) is 0 Å². The van der Waals surface area contributed by atoms with E-state index in [2.05, 4.69) is 112 Å². The normalized spacial score (nSPS) is 10.0. The number of esters is 9. The first kappa shape index (κ1) is 164. The van der Waals surface area contributed by atoms with Gasteiger partial charge >= 0.3 is 53.7 Å². The molecule has 2 N–H and O–H groups in total. The van der Waals surface area contributed by atoms with E-state index in [4.69, 9.17) is 86.9 Å². The Balaban J connectivity index is -0.000000178. The Morgan fingerprint density at radius 2 is 0.497 bits per heavy atom. The summed E-state index contributed by atoms with van der Waals surface area (Å²) in [7, 11) is 10.8. The van der Waals surface area contributed by atoms with E-state index in [1.54, 1.807) is 14.2 Å². The largest absolute Gasteiger partial charge is 0.469 e. The van der Waals surface area contributed by atoms with Gasteiger partial charge in [0.2, 0.25) is 5.91 Å². The first-order valence-electron chi connectivity index (χ1n) is 50.9. The Hall–Kier alpha value is -2.70. The lowest BCUT2D eigenvalue weighted by molar-refractivity contribution is -0.144. The fraction of sp³-hybridized carbons (Fsp3) is 0.833. The smallest absolute Gasteiger partial charge is 0.320 e. The molecular formula is C102H182Br3Cl3I4N2O33. The van der Waals surface area contributed by atoms with E-state index in [0.29, 0.717) is 216 Å². The molecule has 0 aromatic rings. The maximum absolute atomic E-state index is 11.0. The molecule has 0 rings (SSSR count). The van der Waals surface area contributed by atoms with Crippen LogP contribution in [0, 0.1) is 0 Å². The van der Waals surface area contributed by atoms with Crippen LogP contribution in [0.5, 0.6) is 0 Å². The second-order valence-corrected chi connectivity index (χ2v) is 37.2. The number of alkyl halides is 10. The Labute approximate surface area is 974 Å². The minimum absolute atomic E-state index is 0.0641. The summed E-state index contributed by atoms with van der Waals surface area (Å²) in [5.74, 6) is -0.355. The predicted octanol–water partition coefficient (Wildman–Crippen LogP) is 20.6. The van der Waals surface area contributed by atoms with Crippen molar-refractivity contribution >= 4 is 273 Å². The zero-order valence-corrected chi connectivity index (χ0v) is 105. The van der Waals surface area contributed by atoms with Gasteiger partial charge in [0.1, 0.15) is 65.5 Å². The predicted molar refractivity (Wildman–Crippen MR) is 621 cm³/mol. The molecule has 0 aliphatic rings. The van der Waals surface area contributed by atoms with Gasteiger partial charge in [0.15, 0.2) is 0 Å². The van der Waals surface area contributed by atoms with Crippen LogP contribution < -0.4 is 10.6 Å². The molecule has 0 heterocycles. The van der Waals surface area contributed by atoms with Crippen LogP contribution >= 0.6 is 173 Å². The third kappa shape index (κ3) is 166. The van der Waals surface area contributed by atoms with Gasteiger partial charge in [0.25, 0.3) is 0 Å². The molecule has 45 heteroatoms. The molecule has 0 unspecified atom stereocenters. The molecule has 147 heavy (non-hydrogen) atoms. The summed E-state index contributed by atoms with van der Waals surface area (Å²) in [5.41, 5.74) is 0. The number of unbranched alkanes of at least 4 members (excludes halogenated alkanes) is 23. The molecule has 0 aromatic heterocycles. The van der Waals surface area contributed by atoms with Gasteiger partial charge in [-0.2, -0.15) is 0 Å². The van der Waals surface area contributed by atoms with Gasteiger partial charge in [0, 0.05) is 117 Å². The van der Waals surface area contributed by atoms with E-state index in [0.717, 1.165) is 193 Å². The van der Waals surface area contributed by atoms with Gasteiger partial charge in [-0.1, -0.05) is 262 Å². The number of halogens is 10. The number of ether oxygens (including phenoxy) is 16. The van der Waals surface area contributed by atoms with E-state index in [1.807, 2.05) is 88.7 Å². The quantitative estimate of drug-likeness (QED) is 0.0188. The molecule has 0 aliphatic heterocycles. The van der Waals surface area contributed by atoms with E-state index < -0.39 is 5.97 Å². The first-order chi connectivity index (χ1) is 70.8. The number of nitrogens with one attached hydrogen (secondary N) is 2. The number of rotatable bonds is 90. The summed E-state index contributed by atoms with van der Waals surface area (Å²) in [6, 6.07) is 0. The molecule has 0 saturated carbocycles. The molecule has 0 radical (unpaired) electrons. The summed E-state index contributed by atoms with van der Waals surface area (Å²) in [6.45, 7) is 15.9. The summed E-state index contributed by atoms with van der Waals surface area (Å²) < 4.78 is 79.8. The third-order valence-electron chi connectivity index (χ3n) is 19.1. The van der Waals surface area contributed by atoms with Gasteiger partial charge in [-0.05, 0) is 116 Å². The van der Waals surface area contributed by atoms with E-state index >= 15 is 0 Å². The lowest BCUT2D eigenvalue weighted by Crippen LogP contribution is -2.17. The third-order valence-corrected chi connectivity index (χ3v) is 24.4. The van der Waals surface area contributed by atoms with Crippen molar-refractivity contribution in [3.63, 3.8) is 0 Å². The van der Waals surface area contributed by atoms with Crippen molar-refractivity contribution < 1.29 is 157 Å². The van der Waals surface area contributed by atoms with E-state index in [9.17, 15) is 81.5 Å². The summed E-state index contributed by atoms with van der Waals surface area (Å²) >= 11 is 33.2. The van der Waals surface area contributed by atoms with Crippen molar-refractivity contribution in [2.24, 2.45) is 0 Å². The molecule has 1 amide bonds. The molecule has 35 nitrogen and oxygen atoms in total. The van der Waals surface area contributed by atoms with Gasteiger partial charge in [-0.25, -0.2) is 0 Å². The molecule has 0 aliphatic carbocycles. The average Bonchev–Trinajstić information content (AvgIpc) is 1.05. The molecule has 0 bridgehead atoms. The number of ketones is 7. The Bertz CT molecular complexity index is 2830. The number of amides is 1. The summed E-state index contributed by atoms with van der Waals surface area (Å²) in [6.07, 6.45) is 40.4. The van der Waals surface area contributed by atoms with Crippen LogP contribution in [-0.2, 0) is 157 Å². The molecule has 0 fully saturated rings. The highest BCUT2D eigenvalue weighted by molar-refractivity contribution is 14.1. The van der Waals surface area contributed by atoms with Crippen molar-refractivity contribution in [3.05, 3.63) is 0 Å². The average molecular weight is 2820 g/mol. The Morgan fingerprint density at radius 1 is 0.231 bits per heavy atom.